The summed E-state index contributed by atoms with van der Waals surface area (Å²) in [6.07, 6.45) is 3.38. The number of anilines is 1. The zero-order valence-corrected chi connectivity index (χ0v) is 17.2. The molecular formula is C21H18ClN3O3S. The lowest BCUT2D eigenvalue weighted by Crippen LogP contribution is -2.11. The number of para-hydroxylation sites is 1. The molecule has 29 heavy (non-hydrogen) atoms. The number of aromatic nitrogens is 2. The summed E-state index contributed by atoms with van der Waals surface area (Å²) in [5.74, 6) is 0.844. The number of benzene rings is 2. The maximum Gasteiger partial charge on any atom is 0.286 e. The van der Waals surface area contributed by atoms with Gasteiger partial charge in [-0.2, -0.15) is 0 Å². The highest BCUT2D eigenvalue weighted by atomic mass is 35.5. The van der Waals surface area contributed by atoms with Crippen LogP contribution in [0.4, 0.5) is 5.69 Å². The van der Waals surface area contributed by atoms with Crippen molar-refractivity contribution in [3.8, 4) is 11.5 Å². The van der Waals surface area contributed by atoms with Crippen molar-refractivity contribution in [3.05, 3.63) is 76.8 Å². The van der Waals surface area contributed by atoms with Crippen molar-refractivity contribution in [1.29, 1.82) is 0 Å². The van der Waals surface area contributed by atoms with Crippen LogP contribution in [0.1, 0.15) is 20.4 Å². The third kappa shape index (κ3) is 5.43. The molecular weight excluding hydrogens is 410 g/mol. The Bertz CT molecular complexity index is 1030. The van der Waals surface area contributed by atoms with E-state index in [1.807, 2.05) is 24.3 Å². The second kappa shape index (κ2) is 9.86. The average molecular weight is 428 g/mol. The van der Waals surface area contributed by atoms with Crippen LogP contribution in [0.3, 0.4) is 0 Å². The van der Waals surface area contributed by atoms with Gasteiger partial charge in [-0.1, -0.05) is 59.9 Å². The smallest absolute Gasteiger partial charge is 0.286 e. The molecule has 0 saturated carbocycles. The SMILES string of the molecule is C=CCOc1ccc(/C=C(\Cl)c2nnc(C(=O)Nc3ccccc3)s2)cc1OC. The first kappa shape index (κ1) is 20.6. The molecule has 0 bridgehead atoms. The van der Waals surface area contributed by atoms with Gasteiger partial charge in [-0.3, -0.25) is 4.79 Å². The van der Waals surface area contributed by atoms with E-state index in [0.717, 1.165) is 16.9 Å². The molecule has 0 spiro atoms. The number of ether oxygens (including phenoxy) is 2. The minimum atomic E-state index is -0.338. The summed E-state index contributed by atoms with van der Waals surface area (Å²) in [6, 6.07) is 14.6. The highest BCUT2D eigenvalue weighted by molar-refractivity contribution is 7.15. The van der Waals surface area contributed by atoms with Gasteiger partial charge in [0.25, 0.3) is 5.91 Å². The largest absolute Gasteiger partial charge is 0.493 e. The Morgan fingerprint density at radius 2 is 1.93 bits per heavy atom. The molecule has 8 heteroatoms. The molecule has 2 aromatic carbocycles. The first-order chi connectivity index (χ1) is 14.1. The third-order valence-electron chi connectivity index (χ3n) is 3.69. The number of rotatable bonds is 8. The maximum atomic E-state index is 12.3. The number of methoxy groups -OCH3 is 1. The molecule has 3 aromatic rings. The van der Waals surface area contributed by atoms with Gasteiger partial charge in [0.1, 0.15) is 6.61 Å². The van der Waals surface area contributed by atoms with Crippen LogP contribution in [0, 0.1) is 0 Å². The number of hydrogen-bond donors (Lipinski definition) is 1. The molecule has 0 saturated heterocycles. The molecule has 1 heterocycles. The molecule has 1 amide bonds. The van der Waals surface area contributed by atoms with E-state index in [0.29, 0.717) is 33.8 Å². The topological polar surface area (TPSA) is 73.3 Å². The average Bonchev–Trinajstić information content (AvgIpc) is 3.24. The summed E-state index contributed by atoms with van der Waals surface area (Å²) >= 11 is 7.50. The van der Waals surface area contributed by atoms with E-state index in [1.54, 1.807) is 43.5 Å². The fraction of sp³-hybridized carbons (Fsp3) is 0.0952. The van der Waals surface area contributed by atoms with Crippen molar-refractivity contribution in [2.24, 2.45) is 0 Å². The molecule has 0 aliphatic rings. The lowest BCUT2D eigenvalue weighted by Gasteiger charge is -2.09. The van der Waals surface area contributed by atoms with Crippen LogP contribution in [-0.4, -0.2) is 29.8 Å². The Morgan fingerprint density at radius 1 is 1.17 bits per heavy atom. The van der Waals surface area contributed by atoms with Crippen molar-refractivity contribution < 1.29 is 14.3 Å². The summed E-state index contributed by atoms with van der Waals surface area (Å²) in [6.45, 7) is 4.01. The van der Waals surface area contributed by atoms with Crippen molar-refractivity contribution in [1.82, 2.24) is 10.2 Å². The zero-order valence-electron chi connectivity index (χ0n) is 15.6. The van der Waals surface area contributed by atoms with Gasteiger partial charge >= 0.3 is 0 Å². The van der Waals surface area contributed by atoms with E-state index in [4.69, 9.17) is 21.1 Å². The van der Waals surface area contributed by atoms with Crippen molar-refractivity contribution in [2.45, 2.75) is 0 Å². The lowest BCUT2D eigenvalue weighted by molar-refractivity contribution is 0.102. The molecule has 3 rings (SSSR count). The maximum absolute atomic E-state index is 12.3. The molecule has 0 aliphatic carbocycles. The summed E-state index contributed by atoms with van der Waals surface area (Å²) < 4.78 is 10.9. The summed E-state index contributed by atoms with van der Waals surface area (Å²) in [5.41, 5.74) is 1.48. The van der Waals surface area contributed by atoms with E-state index in [1.165, 1.54) is 0 Å². The van der Waals surface area contributed by atoms with Gasteiger partial charge in [0.2, 0.25) is 5.01 Å². The van der Waals surface area contributed by atoms with Crippen LogP contribution < -0.4 is 14.8 Å². The summed E-state index contributed by atoms with van der Waals surface area (Å²) in [4.78, 5) is 12.3. The van der Waals surface area contributed by atoms with E-state index in [9.17, 15) is 4.79 Å². The van der Waals surface area contributed by atoms with Crippen molar-refractivity contribution in [3.63, 3.8) is 0 Å². The van der Waals surface area contributed by atoms with Crippen LogP contribution in [0.25, 0.3) is 11.1 Å². The first-order valence-corrected chi connectivity index (χ1v) is 9.79. The van der Waals surface area contributed by atoms with Gasteiger partial charge in [0, 0.05) is 5.69 Å². The second-order valence-electron chi connectivity index (χ2n) is 5.73. The van der Waals surface area contributed by atoms with Gasteiger partial charge in [-0.25, -0.2) is 0 Å². The molecule has 1 N–H and O–H groups in total. The quantitative estimate of drug-likeness (QED) is 0.506. The van der Waals surface area contributed by atoms with Gasteiger partial charge < -0.3 is 14.8 Å². The van der Waals surface area contributed by atoms with E-state index in [2.05, 4.69) is 22.1 Å². The number of halogens is 1. The standard InChI is InChI=1S/C21H18ClN3O3S/c1-3-11-28-17-10-9-14(13-18(17)27-2)12-16(22)20-24-25-21(29-20)19(26)23-15-7-5-4-6-8-15/h3-10,12-13H,1,11H2,2H3,(H,23,26)/b16-12-. The van der Waals surface area contributed by atoms with Gasteiger partial charge in [-0.05, 0) is 35.9 Å². The van der Waals surface area contributed by atoms with Crippen LogP contribution in [0.5, 0.6) is 11.5 Å². The minimum absolute atomic E-state index is 0.223. The Morgan fingerprint density at radius 3 is 2.66 bits per heavy atom. The Labute approximate surface area is 177 Å². The van der Waals surface area contributed by atoms with Gasteiger partial charge in [-0.15, -0.1) is 10.2 Å². The molecule has 1 aromatic heterocycles. The van der Waals surface area contributed by atoms with Gasteiger partial charge in [0.15, 0.2) is 16.5 Å². The molecule has 0 atom stereocenters. The Kier molecular flexibility index (Phi) is 6.99. The fourth-order valence-corrected chi connectivity index (χ4v) is 3.29. The normalized spacial score (nSPS) is 11.0. The van der Waals surface area contributed by atoms with Gasteiger partial charge in [0.05, 0.1) is 12.1 Å². The van der Waals surface area contributed by atoms with Crippen LogP contribution in [-0.2, 0) is 0 Å². The second-order valence-corrected chi connectivity index (χ2v) is 7.12. The molecule has 0 aliphatic heterocycles. The zero-order chi connectivity index (χ0) is 20.6. The predicted molar refractivity (Wildman–Crippen MR) is 117 cm³/mol. The lowest BCUT2D eigenvalue weighted by atomic mass is 10.2. The van der Waals surface area contributed by atoms with Crippen molar-refractivity contribution >= 4 is 45.6 Å². The molecule has 148 valence electrons. The van der Waals surface area contributed by atoms with Crippen molar-refractivity contribution in [2.75, 3.05) is 19.0 Å². The Hall–Kier alpha value is -3.16. The molecule has 6 nitrogen and oxygen atoms in total. The van der Waals surface area contributed by atoms with Crippen LogP contribution >= 0.6 is 22.9 Å². The number of amides is 1. The predicted octanol–water partition coefficient (Wildman–Crippen LogP) is 5.10. The number of carbonyl (C=O) groups excluding carboxylic acids is 1. The Balaban J connectivity index is 1.75. The number of nitrogens with one attached hydrogen (secondary N) is 1. The minimum Gasteiger partial charge on any atom is -0.493 e. The summed E-state index contributed by atoms with van der Waals surface area (Å²) in [5, 5.41) is 11.7. The highest BCUT2D eigenvalue weighted by Gasteiger charge is 2.15. The van der Waals surface area contributed by atoms with Crippen LogP contribution in [0.2, 0.25) is 0 Å². The number of carbonyl (C=O) groups is 1. The van der Waals surface area contributed by atoms with E-state index >= 15 is 0 Å². The molecule has 0 radical (unpaired) electrons. The fourth-order valence-electron chi connectivity index (χ4n) is 2.37. The number of hydrogen-bond acceptors (Lipinski definition) is 6. The van der Waals surface area contributed by atoms with E-state index < -0.39 is 0 Å². The highest BCUT2D eigenvalue weighted by Crippen LogP contribution is 2.31. The molecule has 0 unspecified atom stereocenters. The summed E-state index contributed by atoms with van der Waals surface area (Å²) in [7, 11) is 1.56. The van der Waals surface area contributed by atoms with Crippen LogP contribution in [0.15, 0.2) is 61.2 Å². The monoisotopic (exact) mass is 427 g/mol. The van der Waals surface area contributed by atoms with E-state index in [-0.39, 0.29) is 10.9 Å². The number of nitrogens with zero attached hydrogens (tertiary/aromatic N) is 2. The first-order valence-electron chi connectivity index (χ1n) is 8.60. The third-order valence-corrected chi connectivity index (χ3v) is 5.05. The molecule has 0 fully saturated rings.